The summed E-state index contributed by atoms with van der Waals surface area (Å²) in [5.74, 6) is 0. The van der Waals surface area contributed by atoms with Gasteiger partial charge in [0.15, 0.2) is 0 Å². The third-order valence-electron chi connectivity index (χ3n) is 4.65. The average molecular weight is 293 g/mol. The number of aliphatic hydroxyl groups excluding tert-OH is 1. The zero-order valence-corrected chi connectivity index (χ0v) is 14.0. The van der Waals surface area contributed by atoms with Gasteiger partial charge in [-0.15, -0.1) is 0 Å². The number of hydrogen-bond acceptors (Lipinski definition) is 3. The lowest BCUT2D eigenvalue weighted by molar-refractivity contribution is 0.0865. The van der Waals surface area contributed by atoms with Crippen LogP contribution in [0, 0.1) is 0 Å². The Morgan fingerprint density at radius 2 is 2.19 bits per heavy atom. The van der Waals surface area contributed by atoms with Crippen LogP contribution in [0.15, 0.2) is 6.07 Å². The first-order valence-electron chi connectivity index (χ1n) is 8.49. The Balaban J connectivity index is 2.22. The van der Waals surface area contributed by atoms with Crippen LogP contribution < -0.4 is 5.32 Å². The quantitative estimate of drug-likeness (QED) is 0.848. The van der Waals surface area contributed by atoms with E-state index in [2.05, 4.69) is 43.8 Å². The second-order valence-electron chi connectivity index (χ2n) is 6.77. The van der Waals surface area contributed by atoms with Gasteiger partial charge >= 0.3 is 0 Å². The molecule has 21 heavy (non-hydrogen) atoms. The summed E-state index contributed by atoms with van der Waals surface area (Å²) in [6.45, 7) is 8.88. The molecule has 2 rings (SSSR count). The molecule has 0 spiro atoms. The molecular formula is C17H31N3O. The highest BCUT2D eigenvalue weighted by molar-refractivity contribution is 5.12. The van der Waals surface area contributed by atoms with Gasteiger partial charge in [0.1, 0.15) is 0 Å². The summed E-state index contributed by atoms with van der Waals surface area (Å²) < 4.78 is 2.24. The van der Waals surface area contributed by atoms with Crippen molar-refractivity contribution in [2.24, 2.45) is 0 Å². The van der Waals surface area contributed by atoms with Crippen molar-refractivity contribution in [2.75, 3.05) is 6.61 Å². The Hall–Kier alpha value is -0.870. The predicted molar refractivity (Wildman–Crippen MR) is 86.6 cm³/mol. The van der Waals surface area contributed by atoms with Crippen molar-refractivity contribution >= 4 is 0 Å². The van der Waals surface area contributed by atoms with E-state index >= 15 is 0 Å². The number of nitrogens with one attached hydrogen (secondary N) is 1. The Labute approximate surface area is 128 Å². The molecule has 0 radical (unpaired) electrons. The molecule has 1 aromatic heterocycles. The minimum atomic E-state index is -0.138. The molecule has 1 fully saturated rings. The van der Waals surface area contributed by atoms with E-state index < -0.39 is 0 Å². The number of aryl methyl sites for hydroxylation is 2. The highest BCUT2D eigenvalue weighted by Crippen LogP contribution is 2.36. The lowest BCUT2D eigenvalue weighted by Crippen LogP contribution is -2.54. The standard InChI is InChI=1S/C17H31N3O/c1-5-14-10-15(6-2)20(19-14)16-8-7-9-17(11-16,12-21)18-13(3)4/h10,13,16,18,21H,5-9,11-12H2,1-4H3. The Morgan fingerprint density at radius 1 is 1.43 bits per heavy atom. The molecular weight excluding hydrogens is 262 g/mol. The lowest BCUT2D eigenvalue weighted by Gasteiger charge is -2.42. The van der Waals surface area contributed by atoms with Crippen LogP contribution in [0.3, 0.4) is 0 Å². The molecule has 2 N–H and O–H groups in total. The van der Waals surface area contributed by atoms with E-state index in [9.17, 15) is 5.11 Å². The van der Waals surface area contributed by atoms with Gasteiger partial charge in [0.05, 0.1) is 18.3 Å². The summed E-state index contributed by atoms with van der Waals surface area (Å²) in [4.78, 5) is 0. The summed E-state index contributed by atoms with van der Waals surface area (Å²) >= 11 is 0. The van der Waals surface area contributed by atoms with E-state index in [1.807, 2.05) is 0 Å². The van der Waals surface area contributed by atoms with Gasteiger partial charge in [-0.25, -0.2) is 0 Å². The van der Waals surface area contributed by atoms with Gasteiger partial charge in [0.25, 0.3) is 0 Å². The summed E-state index contributed by atoms with van der Waals surface area (Å²) in [7, 11) is 0. The monoisotopic (exact) mass is 293 g/mol. The molecule has 2 atom stereocenters. The van der Waals surface area contributed by atoms with Gasteiger partial charge in [-0.3, -0.25) is 4.68 Å². The van der Waals surface area contributed by atoms with Gasteiger partial charge in [-0.2, -0.15) is 5.10 Å². The van der Waals surface area contributed by atoms with Crippen molar-refractivity contribution in [1.29, 1.82) is 0 Å². The fourth-order valence-corrected chi connectivity index (χ4v) is 3.72. The molecule has 1 aliphatic rings. The van der Waals surface area contributed by atoms with Crippen molar-refractivity contribution in [3.05, 3.63) is 17.5 Å². The molecule has 4 heteroatoms. The smallest absolute Gasteiger partial charge is 0.0624 e. The largest absolute Gasteiger partial charge is 0.394 e. The number of aliphatic hydroxyl groups is 1. The van der Waals surface area contributed by atoms with E-state index in [4.69, 9.17) is 5.10 Å². The molecule has 0 saturated heterocycles. The summed E-state index contributed by atoms with van der Waals surface area (Å²) in [5, 5.41) is 18.4. The van der Waals surface area contributed by atoms with E-state index in [1.54, 1.807) is 0 Å². The molecule has 0 aromatic carbocycles. The van der Waals surface area contributed by atoms with Crippen LogP contribution in [-0.4, -0.2) is 33.1 Å². The Kier molecular flexibility index (Phi) is 5.44. The van der Waals surface area contributed by atoms with Gasteiger partial charge in [-0.05, 0) is 44.6 Å². The van der Waals surface area contributed by atoms with Gasteiger partial charge in [0, 0.05) is 17.3 Å². The van der Waals surface area contributed by atoms with Crippen LogP contribution >= 0.6 is 0 Å². The number of rotatable bonds is 6. The third kappa shape index (κ3) is 3.67. The topological polar surface area (TPSA) is 50.1 Å². The number of hydrogen-bond donors (Lipinski definition) is 2. The highest BCUT2D eigenvalue weighted by Gasteiger charge is 2.37. The van der Waals surface area contributed by atoms with Crippen molar-refractivity contribution < 1.29 is 5.11 Å². The van der Waals surface area contributed by atoms with Crippen LogP contribution in [0.2, 0.25) is 0 Å². The lowest BCUT2D eigenvalue weighted by atomic mass is 9.79. The predicted octanol–water partition coefficient (Wildman–Crippen LogP) is 2.85. The van der Waals surface area contributed by atoms with Gasteiger partial charge < -0.3 is 10.4 Å². The molecule has 0 bridgehead atoms. The van der Waals surface area contributed by atoms with Crippen molar-refractivity contribution in [3.8, 4) is 0 Å². The second kappa shape index (κ2) is 6.93. The molecule has 0 aliphatic heterocycles. The molecule has 4 nitrogen and oxygen atoms in total. The SMILES string of the molecule is CCc1cc(CC)n(C2CCCC(CO)(NC(C)C)C2)n1. The van der Waals surface area contributed by atoms with Crippen molar-refractivity contribution in [3.63, 3.8) is 0 Å². The van der Waals surface area contributed by atoms with Gasteiger partial charge in [-0.1, -0.05) is 27.7 Å². The molecule has 1 aromatic rings. The van der Waals surface area contributed by atoms with E-state index in [1.165, 1.54) is 17.8 Å². The van der Waals surface area contributed by atoms with Crippen LogP contribution in [0.5, 0.6) is 0 Å². The number of aromatic nitrogens is 2. The maximum atomic E-state index is 9.94. The summed E-state index contributed by atoms with van der Waals surface area (Å²) in [6, 6.07) is 3.04. The van der Waals surface area contributed by atoms with Crippen molar-refractivity contribution in [1.82, 2.24) is 15.1 Å². The van der Waals surface area contributed by atoms with Crippen molar-refractivity contribution in [2.45, 2.75) is 83.8 Å². The van der Waals surface area contributed by atoms with E-state index in [-0.39, 0.29) is 12.1 Å². The molecule has 2 unspecified atom stereocenters. The van der Waals surface area contributed by atoms with Gasteiger partial charge in [0.2, 0.25) is 0 Å². The highest BCUT2D eigenvalue weighted by atomic mass is 16.3. The molecule has 1 saturated carbocycles. The zero-order chi connectivity index (χ0) is 15.5. The fraction of sp³-hybridized carbons (Fsp3) is 0.824. The maximum absolute atomic E-state index is 9.94. The zero-order valence-electron chi connectivity index (χ0n) is 14.0. The van der Waals surface area contributed by atoms with E-state index in [0.29, 0.717) is 12.1 Å². The third-order valence-corrected chi connectivity index (χ3v) is 4.65. The van der Waals surface area contributed by atoms with Crippen LogP contribution in [0.25, 0.3) is 0 Å². The normalized spacial score (nSPS) is 26.5. The Morgan fingerprint density at radius 3 is 2.76 bits per heavy atom. The first kappa shape index (κ1) is 16.5. The first-order chi connectivity index (χ1) is 10.0. The van der Waals surface area contributed by atoms with Crippen LogP contribution in [0.1, 0.15) is 70.8 Å². The molecule has 1 aliphatic carbocycles. The minimum absolute atomic E-state index is 0.138. The molecule has 1 heterocycles. The van der Waals surface area contributed by atoms with Crippen LogP contribution in [-0.2, 0) is 12.8 Å². The Bertz CT molecular complexity index is 455. The average Bonchev–Trinajstić information content (AvgIpc) is 2.90. The molecule has 120 valence electrons. The number of nitrogens with zero attached hydrogens (tertiary/aromatic N) is 2. The summed E-state index contributed by atoms with van der Waals surface area (Å²) in [6.07, 6.45) is 6.35. The minimum Gasteiger partial charge on any atom is -0.394 e. The second-order valence-corrected chi connectivity index (χ2v) is 6.77. The first-order valence-corrected chi connectivity index (χ1v) is 8.49. The molecule has 0 amide bonds. The van der Waals surface area contributed by atoms with E-state index in [0.717, 1.165) is 32.1 Å². The maximum Gasteiger partial charge on any atom is 0.0624 e. The van der Waals surface area contributed by atoms with Crippen LogP contribution in [0.4, 0.5) is 0 Å². The summed E-state index contributed by atoms with van der Waals surface area (Å²) in [5.41, 5.74) is 2.37. The fourth-order valence-electron chi connectivity index (χ4n) is 3.72.